The van der Waals surface area contributed by atoms with Gasteiger partial charge in [-0.25, -0.2) is 0 Å². The molecule has 0 saturated heterocycles. The molecule has 0 radical (unpaired) electrons. The smallest absolute Gasteiger partial charge is 0.236 e. The third-order valence-electron chi connectivity index (χ3n) is 2.61. The van der Waals surface area contributed by atoms with Crippen molar-refractivity contribution in [2.24, 2.45) is 5.41 Å². The first-order chi connectivity index (χ1) is 7.43. The van der Waals surface area contributed by atoms with Crippen LogP contribution in [-0.2, 0) is 9.53 Å². The summed E-state index contributed by atoms with van der Waals surface area (Å²) < 4.78 is 5.06. The Balaban J connectivity index is 3.88. The number of hydrogen-bond donors (Lipinski definition) is 2. The van der Waals surface area contributed by atoms with Crippen molar-refractivity contribution < 1.29 is 9.53 Å². The number of rotatable bonds is 8. The van der Waals surface area contributed by atoms with Crippen LogP contribution in [0, 0.1) is 5.41 Å². The van der Waals surface area contributed by atoms with E-state index in [0.717, 1.165) is 19.6 Å². The second-order valence-electron chi connectivity index (χ2n) is 4.90. The fraction of sp³-hybridized carbons (Fsp3) is 0.917. The normalized spacial score (nSPS) is 13.6. The Hall–Kier alpha value is -0.610. The maximum atomic E-state index is 11.5. The molecule has 0 rings (SSSR count). The summed E-state index contributed by atoms with van der Waals surface area (Å²) in [6.45, 7) is 10.4. The van der Waals surface area contributed by atoms with Crippen molar-refractivity contribution in [3.8, 4) is 0 Å². The minimum Gasteiger partial charge on any atom is -0.385 e. The Labute approximate surface area is 99.1 Å². The molecule has 0 aromatic carbocycles. The van der Waals surface area contributed by atoms with E-state index in [1.54, 1.807) is 7.11 Å². The molecular formula is C12H26N2O2. The van der Waals surface area contributed by atoms with Crippen molar-refractivity contribution in [2.45, 2.75) is 40.2 Å². The minimum atomic E-state index is -0.137. The lowest BCUT2D eigenvalue weighted by Crippen LogP contribution is -2.45. The number of nitrogens with one attached hydrogen (secondary N) is 2. The predicted octanol–water partition coefficient (Wildman–Crippen LogP) is 1.16. The molecule has 4 nitrogen and oxygen atoms in total. The number of ether oxygens (including phenoxy) is 1. The van der Waals surface area contributed by atoms with Crippen molar-refractivity contribution in [1.82, 2.24) is 10.6 Å². The van der Waals surface area contributed by atoms with Crippen molar-refractivity contribution in [3.05, 3.63) is 0 Å². The van der Waals surface area contributed by atoms with Crippen LogP contribution in [0.3, 0.4) is 0 Å². The lowest BCUT2D eigenvalue weighted by molar-refractivity contribution is -0.122. The number of hydrogen-bond acceptors (Lipinski definition) is 3. The molecule has 0 fully saturated rings. The lowest BCUT2D eigenvalue weighted by atomic mass is 9.89. The molecule has 1 unspecified atom stereocenters. The van der Waals surface area contributed by atoms with E-state index in [2.05, 4.69) is 24.5 Å². The molecule has 0 aliphatic carbocycles. The highest BCUT2D eigenvalue weighted by Crippen LogP contribution is 2.18. The third-order valence-corrected chi connectivity index (χ3v) is 2.61. The van der Waals surface area contributed by atoms with E-state index in [9.17, 15) is 4.79 Å². The van der Waals surface area contributed by atoms with E-state index in [4.69, 9.17) is 4.74 Å². The van der Waals surface area contributed by atoms with Crippen molar-refractivity contribution in [3.63, 3.8) is 0 Å². The van der Waals surface area contributed by atoms with Crippen LogP contribution in [0.4, 0.5) is 0 Å². The predicted molar refractivity (Wildman–Crippen MR) is 66.4 cm³/mol. The van der Waals surface area contributed by atoms with Crippen molar-refractivity contribution in [1.29, 1.82) is 0 Å². The largest absolute Gasteiger partial charge is 0.385 e. The molecule has 1 atom stereocenters. The average Bonchev–Trinajstić information content (AvgIpc) is 2.23. The Morgan fingerprint density at radius 2 is 2.06 bits per heavy atom. The van der Waals surface area contributed by atoms with Crippen LogP contribution in [-0.4, -0.2) is 38.8 Å². The first-order valence-electron chi connectivity index (χ1n) is 5.93. The molecule has 1 amide bonds. The molecule has 0 heterocycles. The Kier molecular flexibility index (Phi) is 7.34. The first-order valence-corrected chi connectivity index (χ1v) is 5.93. The van der Waals surface area contributed by atoms with E-state index in [0.29, 0.717) is 6.54 Å². The zero-order valence-electron chi connectivity index (χ0n) is 11.2. The van der Waals surface area contributed by atoms with E-state index < -0.39 is 0 Å². The molecule has 0 spiro atoms. The van der Waals surface area contributed by atoms with E-state index >= 15 is 0 Å². The van der Waals surface area contributed by atoms with Gasteiger partial charge >= 0.3 is 0 Å². The van der Waals surface area contributed by atoms with E-state index in [1.807, 2.05) is 13.8 Å². The van der Waals surface area contributed by atoms with Gasteiger partial charge in [0.1, 0.15) is 0 Å². The monoisotopic (exact) mass is 230 g/mol. The zero-order valence-corrected chi connectivity index (χ0v) is 11.2. The zero-order chi connectivity index (χ0) is 12.6. The van der Waals surface area contributed by atoms with Crippen LogP contribution in [0.25, 0.3) is 0 Å². The fourth-order valence-electron chi connectivity index (χ4n) is 1.32. The number of methoxy groups -OCH3 is 1. The molecule has 16 heavy (non-hydrogen) atoms. The Morgan fingerprint density at radius 3 is 2.56 bits per heavy atom. The molecule has 0 aromatic rings. The summed E-state index contributed by atoms with van der Waals surface area (Å²) in [4.78, 5) is 11.5. The summed E-state index contributed by atoms with van der Waals surface area (Å²) in [6.07, 6.45) is 0.985. The van der Waals surface area contributed by atoms with Gasteiger partial charge in [0.25, 0.3) is 0 Å². The van der Waals surface area contributed by atoms with Gasteiger partial charge in [-0.1, -0.05) is 13.8 Å². The molecule has 0 aromatic heterocycles. The number of carbonyl (C=O) groups is 1. The topological polar surface area (TPSA) is 50.4 Å². The maximum absolute atomic E-state index is 11.5. The van der Waals surface area contributed by atoms with Gasteiger partial charge in [0.2, 0.25) is 5.91 Å². The van der Waals surface area contributed by atoms with Crippen LogP contribution in [0.5, 0.6) is 0 Å². The summed E-state index contributed by atoms with van der Waals surface area (Å²) >= 11 is 0. The van der Waals surface area contributed by atoms with E-state index in [-0.39, 0.29) is 17.4 Å². The lowest BCUT2D eigenvalue weighted by Gasteiger charge is -2.26. The van der Waals surface area contributed by atoms with Crippen LogP contribution in [0.1, 0.15) is 34.1 Å². The summed E-state index contributed by atoms with van der Waals surface area (Å²) in [5, 5.41) is 6.05. The Morgan fingerprint density at radius 1 is 1.44 bits per heavy atom. The summed E-state index contributed by atoms with van der Waals surface area (Å²) in [5.41, 5.74) is 0.150. The third kappa shape index (κ3) is 6.80. The highest BCUT2D eigenvalue weighted by atomic mass is 16.5. The van der Waals surface area contributed by atoms with Crippen LogP contribution >= 0.6 is 0 Å². The van der Waals surface area contributed by atoms with Crippen LogP contribution in [0.15, 0.2) is 0 Å². The number of amides is 1. The molecular weight excluding hydrogens is 204 g/mol. The van der Waals surface area contributed by atoms with Gasteiger partial charge in [0, 0.05) is 26.8 Å². The Bertz CT molecular complexity index is 205. The van der Waals surface area contributed by atoms with Gasteiger partial charge in [0.15, 0.2) is 0 Å². The summed E-state index contributed by atoms with van der Waals surface area (Å²) in [7, 11) is 1.71. The molecule has 0 saturated carbocycles. The van der Waals surface area contributed by atoms with Gasteiger partial charge in [-0.15, -0.1) is 0 Å². The summed E-state index contributed by atoms with van der Waals surface area (Å²) in [5.74, 6) is 0.0602. The molecule has 4 heteroatoms. The number of likely N-dealkylation sites (N-methyl/N-ethyl adjacent to an activating group) is 1. The minimum absolute atomic E-state index is 0.0602. The number of carbonyl (C=O) groups excluding carboxylic acids is 1. The van der Waals surface area contributed by atoms with Gasteiger partial charge < -0.3 is 15.4 Å². The maximum Gasteiger partial charge on any atom is 0.236 e. The molecule has 2 N–H and O–H groups in total. The van der Waals surface area contributed by atoms with Gasteiger partial charge in [-0.2, -0.15) is 0 Å². The molecule has 0 aliphatic rings. The second-order valence-corrected chi connectivity index (χ2v) is 4.90. The highest BCUT2D eigenvalue weighted by molar-refractivity contribution is 5.81. The molecule has 0 bridgehead atoms. The van der Waals surface area contributed by atoms with Gasteiger partial charge in [0.05, 0.1) is 6.04 Å². The van der Waals surface area contributed by atoms with Gasteiger partial charge in [-0.05, 0) is 25.7 Å². The standard InChI is InChI=1S/C12H26N2O2/c1-6-13-11(15)10(2)14-9-12(3,4)7-8-16-5/h10,14H,6-9H2,1-5H3,(H,13,15). The van der Waals surface area contributed by atoms with E-state index in [1.165, 1.54) is 0 Å². The van der Waals surface area contributed by atoms with Crippen molar-refractivity contribution >= 4 is 5.91 Å². The highest BCUT2D eigenvalue weighted by Gasteiger charge is 2.20. The quantitative estimate of drug-likeness (QED) is 0.658. The van der Waals surface area contributed by atoms with Crippen LogP contribution < -0.4 is 10.6 Å². The fourth-order valence-corrected chi connectivity index (χ4v) is 1.32. The molecule has 96 valence electrons. The average molecular weight is 230 g/mol. The van der Waals surface area contributed by atoms with Gasteiger partial charge in [-0.3, -0.25) is 4.79 Å². The first kappa shape index (κ1) is 15.4. The molecule has 0 aliphatic heterocycles. The summed E-state index contributed by atoms with van der Waals surface area (Å²) in [6, 6.07) is -0.137. The van der Waals surface area contributed by atoms with Crippen LogP contribution in [0.2, 0.25) is 0 Å². The van der Waals surface area contributed by atoms with Crippen molar-refractivity contribution in [2.75, 3.05) is 26.8 Å². The SMILES string of the molecule is CCNC(=O)C(C)NCC(C)(C)CCOC. The second kappa shape index (κ2) is 7.63.